The average molecular weight is 328 g/mol. The minimum Gasteiger partial charge on any atom is -0.484 e. The van der Waals surface area contributed by atoms with Gasteiger partial charge < -0.3 is 9.64 Å². The molecule has 0 atom stereocenters. The number of nitrogens with zero attached hydrogens (tertiary/aromatic N) is 2. The van der Waals surface area contributed by atoms with E-state index in [9.17, 15) is 14.9 Å². The molecule has 1 amide bonds. The van der Waals surface area contributed by atoms with Crippen LogP contribution >= 0.6 is 0 Å². The molecule has 2 aromatic rings. The molecule has 0 unspecified atom stereocenters. The number of hydrogen-bond acceptors (Lipinski definition) is 4. The number of carbonyl (C=O) groups excluding carboxylic acids is 1. The van der Waals surface area contributed by atoms with Gasteiger partial charge in [0, 0.05) is 25.2 Å². The Kier molecular flexibility index (Phi) is 6.31. The summed E-state index contributed by atoms with van der Waals surface area (Å²) in [5.74, 6) is 0.333. The second-order valence-electron chi connectivity index (χ2n) is 5.25. The van der Waals surface area contributed by atoms with Crippen molar-refractivity contribution in [3.8, 4) is 5.75 Å². The van der Waals surface area contributed by atoms with Crippen LogP contribution in [0, 0.1) is 10.1 Å². The Morgan fingerprint density at radius 1 is 1.12 bits per heavy atom. The highest BCUT2D eigenvalue weighted by atomic mass is 16.6. The Labute approximate surface area is 140 Å². The van der Waals surface area contributed by atoms with E-state index >= 15 is 0 Å². The zero-order valence-electron chi connectivity index (χ0n) is 13.6. The third-order valence-corrected chi connectivity index (χ3v) is 3.66. The van der Waals surface area contributed by atoms with Gasteiger partial charge in [-0.3, -0.25) is 14.9 Å². The van der Waals surface area contributed by atoms with Crippen LogP contribution < -0.4 is 4.74 Å². The fourth-order valence-electron chi connectivity index (χ4n) is 2.27. The maximum absolute atomic E-state index is 12.2. The minimum atomic E-state index is -0.475. The highest BCUT2D eigenvalue weighted by Gasteiger charge is 2.13. The van der Waals surface area contributed by atoms with Crippen LogP contribution in [0.5, 0.6) is 5.75 Å². The molecule has 0 heterocycles. The summed E-state index contributed by atoms with van der Waals surface area (Å²) in [6.45, 7) is 3.08. The van der Waals surface area contributed by atoms with Crippen molar-refractivity contribution in [1.82, 2.24) is 4.90 Å². The number of carbonyl (C=O) groups is 1. The lowest BCUT2D eigenvalue weighted by molar-refractivity contribution is -0.384. The van der Waals surface area contributed by atoms with Crippen molar-refractivity contribution >= 4 is 11.6 Å². The molecule has 0 radical (unpaired) electrons. The molecule has 0 aromatic heterocycles. The maximum Gasteiger partial charge on any atom is 0.269 e. The molecule has 0 aliphatic carbocycles. The van der Waals surface area contributed by atoms with Crippen molar-refractivity contribution < 1.29 is 14.5 Å². The van der Waals surface area contributed by atoms with Crippen molar-refractivity contribution in [1.29, 1.82) is 0 Å². The summed E-state index contributed by atoms with van der Waals surface area (Å²) in [5, 5.41) is 10.6. The van der Waals surface area contributed by atoms with E-state index in [0.717, 1.165) is 6.42 Å². The summed E-state index contributed by atoms with van der Waals surface area (Å²) in [7, 11) is 0. The van der Waals surface area contributed by atoms with E-state index in [4.69, 9.17) is 4.74 Å². The fraction of sp³-hybridized carbons (Fsp3) is 0.278. The highest BCUT2D eigenvalue weighted by Crippen LogP contribution is 2.17. The van der Waals surface area contributed by atoms with Gasteiger partial charge in [-0.2, -0.15) is 0 Å². The minimum absolute atomic E-state index is 0.00766. The van der Waals surface area contributed by atoms with E-state index in [1.165, 1.54) is 29.8 Å². The van der Waals surface area contributed by atoms with E-state index in [2.05, 4.69) is 0 Å². The average Bonchev–Trinajstić information content (AvgIpc) is 2.61. The lowest BCUT2D eigenvalue weighted by Crippen LogP contribution is -2.36. The van der Waals surface area contributed by atoms with Crippen molar-refractivity contribution in [2.75, 3.05) is 19.7 Å². The third-order valence-electron chi connectivity index (χ3n) is 3.66. The monoisotopic (exact) mass is 328 g/mol. The summed E-state index contributed by atoms with van der Waals surface area (Å²) in [4.78, 5) is 24.1. The van der Waals surface area contributed by atoms with Crippen molar-refractivity contribution in [2.24, 2.45) is 0 Å². The molecule has 6 nitrogen and oxygen atoms in total. The molecular formula is C18H20N2O4. The number of likely N-dealkylation sites (N-methyl/N-ethyl adjacent to an activating group) is 1. The van der Waals surface area contributed by atoms with E-state index < -0.39 is 4.92 Å². The van der Waals surface area contributed by atoms with Crippen LogP contribution in [-0.4, -0.2) is 35.4 Å². The second kappa shape index (κ2) is 8.67. The van der Waals surface area contributed by atoms with Gasteiger partial charge in [0.2, 0.25) is 0 Å². The highest BCUT2D eigenvalue weighted by molar-refractivity contribution is 5.77. The van der Waals surface area contributed by atoms with Crippen LogP contribution in [0.15, 0.2) is 54.6 Å². The van der Waals surface area contributed by atoms with E-state index in [0.29, 0.717) is 18.8 Å². The Balaban J connectivity index is 1.84. The number of nitro benzene ring substituents is 1. The molecular weight excluding hydrogens is 308 g/mol. The largest absolute Gasteiger partial charge is 0.484 e. The summed E-state index contributed by atoms with van der Waals surface area (Å²) in [5.41, 5.74) is 1.17. The van der Waals surface area contributed by atoms with Crippen LogP contribution in [0.4, 0.5) is 5.69 Å². The van der Waals surface area contributed by atoms with Gasteiger partial charge in [0.15, 0.2) is 6.61 Å². The first-order valence-corrected chi connectivity index (χ1v) is 7.79. The van der Waals surface area contributed by atoms with E-state index in [-0.39, 0.29) is 18.2 Å². The van der Waals surface area contributed by atoms with Gasteiger partial charge in [0.1, 0.15) is 5.75 Å². The van der Waals surface area contributed by atoms with Gasteiger partial charge >= 0.3 is 0 Å². The van der Waals surface area contributed by atoms with Gasteiger partial charge in [-0.15, -0.1) is 0 Å². The first kappa shape index (κ1) is 17.5. The van der Waals surface area contributed by atoms with Crippen molar-refractivity contribution in [3.05, 3.63) is 70.3 Å². The summed E-state index contributed by atoms with van der Waals surface area (Å²) >= 11 is 0. The number of non-ortho nitro benzene ring substituents is 1. The van der Waals surface area contributed by atoms with Crippen molar-refractivity contribution in [3.63, 3.8) is 0 Å². The predicted octanol–water partition coefficient (Wildman–Crippen LogP) is 3.06. The molecule has 0 saturated heterocycles. The standard InChI is InChI=1S/C18H20N2O4/c1-2-19(13-12-15-6-4-3-5-7-15)18(21)14-24-17-10-8-16(9-11-17)20(22)23/h3-11H,2,12-14H2,1H3. The molecule has 0 saturated carbocycles. The Bertz CT molecular complexity index is 671. The fourth-order valence-corrected chi connectivity index (χ4v) is 2.27. The van der Waals surface area contributed by atoms with Crippen molar-refractivity contribution in [2.45, 2.75) is 13.3 Å². The molecule has 0 fully saturated rings. The van der Waals surface area contributed by atoms with E-state index in [1.807, 2.05) is 37.3 Å². The summed E-state index contributed by atoms with van der Waals surface area (Å²) in [6, 6.07) is 15.7. The molecule has 126 valence electrons. The molecule has 24 heavy (non-hydrogen) atoms. The predicted molar refractivity (Wildman–Crippen MR) is 91.0 cm³/mol. The lowest BCUT2D eigenvalue weighted by Gasteiger charge is -2.21. The number of benzene rings is 2. The molecule has 0 spiro atoms. The lowest BCUT2D eigenvalue weighted by atomic mass is 10.1. The Morgan fingerprint density at radius 2 is 1.79 bits per heavy atom. The number of nitro groups is 1. The zero-order chi connectivity index (χ0) is 17.4. The second-order valence-corrected chi connectivity index (χ2v) is 5.25. The topological polar surface area (TPSA) is 72.7 Å². The first-order valence-electron chi connectivity index (χ1n) is 7.79. The molecule has 2 aromatic carbocycles. The van der Waals surface area contributed by atoms with Gasteiger partial charge in [-0.05, 0) is 31.0 Å². The quantitative estimate of drug-likeness (QED) is 0.551. The normalized spacial score (nSPS) is 10.2. The Hall–Kier alpha value is -2.89. The summed E-state index contributed by atoms with van der Waals surface area (Å²) < 4.78 is 5.42. The van der Waals surface area contributed by atoms with Gasteiger partial charge in [0.05, 0.1) is 4.92 Å². The maximum atomic E-state index is 12.2. The first-order chi connectivity index (χ1) is 11.6. The van der Waals surface area contributed by atoms with Gasteiger partial charge in [-0.25, -0.2) is 0 Å². The van der Waals surface area contributed by atoms with Gasteiger partial charge in [0.25, 0.3) is 11.6 Å². The number of ether oxygens (including phenoxy) is 1. The third kappa shape index (κ3) is 5.08. The molecule has 2 rings (SSSR count). The molecule has 0 N–H and O–H groups in total. The molecule has 0 aliphatic rings. The van der Waals surface area contributed by atoms with Crippen LogP contribution in [0.1, 0.15) is 12.5 Å². The van der Waals surface area contributed by atoms with Crippen LogP contribution in [0.2, 0.25) is 0 Å². The number of amides is 1. The smallest absolute Gasteiger partial charge is 0.269 e. The van der Waals surface area contributed by atoms with E-state index in [1.54, 1.807) is 4.90 Å². The number of hydrogen-bond donors (Lipinski definition) is 0. The molecule has 6 heteroatoms. The van der Waals surface area contributed by atoms with Gasteiger partial charge in [-0.1, -0.05) is 30.3 Å². The van der Waals surface area contributed by atoms with Crippen LogP contribution in [0.3, 0.4) is 0 Å². The van der Waals surface area contributed by atoms with Crippen LogP contribution in [-0.2, 0) is 11.2 Å². The summed E-state index contributed by atoms with van der Waals surface area (Å²) in [6.07, 6.45) is 0.790. The Morgan fingerprint density at radius 3 is 2.38 bits per heavy atom. The SMILES string of the molecule is CCN(CCc1ccccc1)C(=O)COc1ccc([N+](=O)[O-])cc1. The molecule has 0 aliphatic heterocycles. The van der Waals surface area contributed by atoms with Crippen LogP contribution in [0.25, 0.3) is 0 Å². The molecule has 0 bridgehead atoms. The zero-order valence-corrected chi connectivity index (χ0v) is 13.6. The number of rotatable bonds is 8.